The number of halogens is 2. The third-order valence-corrected chi connectivity index (χ3v) is 8.29. The second kappa shape index (κ2) is 17.9. The van der Waals surface area contributed by atoms with Gasteiger partial charge in [-0.15, -0.1) is 0 Å². The van der Waals surface area contributed by atoms with E-state index < -0.39 is 37.1 Å². The molecular formula is C40H36F2N6O6. The van der Waals surface area contributed by atoms with Gasteiger partial charge in [0.15, 0.2) is 11.4 Å². The number of nitriles is 2. The summed E-state index contributed by atoms with van der Waals surface area (Å²) in [4.78, 5) is 8.72. The molecule has 6 rings (SSSR count). The number of aromatic nitrogens is 2. The standard InChI is InChI=1S/2C20H18FN3O3/c2*1-27-15-5-6-16-17(8-15)19(12-3-2-4-13(21)7-12)18(9-22)24-20(16)23-10-14(26)11-25/h2*2-8,14,25-26H,10-11H2,1H3,(H,23,24)/t2*14-/m00/s1. The maximum Gasteiger partial charge on any atom is 0.151 e. The van der Waals surface area contributed by atoms with E-state index in [4.69, 9.17) is 19.7 Å². The number of pyridine rings is 2. The summed E-state index contributed by atoms with van der Waals surface area (Å²) in [7, 11) is 3.07. The third-order valence-electron chi connectivity index (χ3n) is 8.29. The zero-order chi connectivity index (χ0) is 38.8. The number of nitrogens with zero attached hydrogens (tertiary/aromatic N) is 4. The molecular weight excluding hydrogens is 698 g/mol. The van der Waals surface area contributed by atoms with Crippen LogP contribution in [0.3, 0.4) is 0 Å². The van der Waals surface area contributed by atoms with Crippen molar-refractivity contribution in [1.82, 2.24) is 9.97 Å². The smallest absolute Gasteiger partial charge is 0.151 e. The van der Waals surface area contributed by atoms with E-state index in [1.54, 1.807) is 60.7 Å². The van der Waals surface area contributed by atoms with E-state index in [0.717, 1.165) is 0 Å². The summed E-state index contributed by atoms with van der Waals surface area (Å²) in [6.45, 7) is -0.667. The summed E-state index contributed by atoms with van der Waals surface area (Å²) in [5.74, 6) is 1.10. The molecule has 0 saturated carbocycles. The predicted molar refractivity (Wildman–Crippen MR) is 200 cm³/mol. The molecule has 6 aromatic rings. The second-order valence-electron chi connectivity index (χ2n) is 11.9. The fraction of sp³-hybridized carbons (Fsp3) is 0.200. The monoisotopic (exact) mass is 734 g/mol. The first-order valence-electron chi connectivity index (χ1n) is 16.6. The normalized spacial score (nSPS) is 11.8. The van der Waals surface area contributed by atoms with Crippen molar-refractivity contribution in [3.63, 3.8) is 0 Å². The van der Waals surface area contributed by atoms with Gasteiger partial charge >= 0.3 is 0 Å². The SMILES string of the molecule is COc1ccc2c(NC[C@H](O)CO)nc(C#N)c(-c3cccc(F)c3)c2c1.COc1ccc2c(NC[C@H](O)CO)nc(C#N)c(-c3cccc(F)c3)c2c1. The third kappa shape index (κ3) is 8.78. The zero-order valence-electron chi connectivity index (χ0n) is 29.2. The Hall–Kier alpha value is -6.42. The number of aliphatic hydroxyl groups excluding tert-OH is 4. The van der Waals surface area contributed by atoms with Crippen molar-refractivity contribution in [2.45, 2.75) is 12.2 Å². The maximum absolute atomic E-state index is 13.8. The Bertz CT molecular complexity index is 2200. The van der Waals surface area contributed by atoms with Crippen LogP contribution >= 0.6 is 0 Å². The first-order valence-corrected chi connectivity index (χ1v) is 16.6. The summed E-state index contributed by atoms with van der Waals surface area (Å²) in [5.41, 5.74) is 2.28. The minimum absolute atomic E-state index is 0.0643. The van der Waals surface area contributed by atoms with Crippen molar-refractivity contribution in [2.75, 3.05) is 51.2 Å². The molecule has 2 atom stereocenters. The first-order chi connectivity index (χ1) is 26.1. The van der Waals surface area contributed by atoms with Gasteiger partial charge < -0.3 is 40.5 Å². The summed E-state index contributed by atoms with van der Waals surface area (Å²) in [6.07, 6.45) is -1.93. The summed E-state index contributed by atoms with van der Waals surface area (Å²) >= 11 is 0. The van der Waals surface area contributed by atoms with Crippen molar-refractivity contribution >= 4 is 33.2 Å². The van der Waals surface area contributed by atoms with Gasteiger partial charge in [0.1, 0.15) is 46.9 Å². The molecule has 0 aliphatic carbocycles. The van der Waals surface area contributed by atoms with Crippen molar-refractivity contribution in [1.29, 1.82) is 10.5 Å². The number of hydrogen-bond acceptors (Lipinski definition) is 12. The van der Waals surface area contributed by atoms with Gasteiger partial charge in [0.2, 0.25) is 0 Å². The molecule has 2 heterocycles. The van der Waals surface area contributed by atoms with E-state index in [1.807, 2.05) is 0 Å². The Labute approximate surface area is 309 Å². The van der Waals surface area contributed by atoms with E-state index >= 15 is 0 Å². The highest BCUT2D eigenvalue weighted by Crippen LogP contribution is 2.38. The molecule has 2 aromatic heterocycles. The highest BCUT2D eigenvalue weighted by atomic mass is 19.1. The van der Waals surface area contributed by atoms with Crippen molar-refractivity contribution in [3.05, 3.63) is 108 Å². The lowest BCUT2D eigenvalue weighted by Crippen LogP contribution is -2.23. The highest BCUT2D eigenvalue weighted by molar-refractivity contribution is 6.05. The Morgan fingerprint density at radius 1 is 0.630 bits per heavy atom. The second-order valence-corrected chi connectivity index (χ2v) is 11.9. The molecule has 0 saturated heterocycles. The lowest BCUT2D eigenvalue weighted by Gasteiger charge is -2.16. The number of anilines is 2. The highest BCUT2D eigenvalue weighted by Gasteiger charge is 2.19. The maximum atomic E-state index is 13.8. The molecule has 0 amide bonds. The minimum atomic E-state index is -0.964. The number of ether oxygens (including phenoxy) is 2. The zero-order valence-corrected chi connectivity index (χ0v) is 29.2. The number of aliphatic hydroxyl groups is 4. The predicted octanol–water partition coefficient (Wildman–Crippen LogP) is 5.37. The Kier molecular flexibility index (Phi) is 12.8. The van der Waals surface area contributed by atoms with E-state index in [1.165, 1.54) is 38.5 Å². The van der Waals surface area contributed by atoms with Crippen LogP contribution in [0.5, 0.6) is 11.5 Å². The average molecular weight is 735 g/mol. The van der Waals surface area contributed by atoms with E-state index in [-0.39, 0.29) is 24.5 Å². The van der Waals surface area contributed by atoms with Gasteiger partial charge in [0.05, 0.1) is 39.6 Å². The quantitative estimate of drug-likeness (QED) is 0.0942. The largest absolute Gasteiger partial charge is 0.497 e. The van der Waals surface area contributed by atoms with Gasteiger partial charge in [0.25, 0.3) is 0 Å². The van der Waals surface area contributed by atoms with E-state index in [0.29, 0.717) is 66.9 Å². The molecule has 0 bridgehead atoms. The Morgan fingerprint density at radius 3 is 1.37 bits per heavy atom. The van der Waals surface area contributed by atoms with Gasteiger partial charge in [0, 0.05) is 35.0 Å². The van der Waals surface area contributed by atoms with E-state index in [2.05, 4.69) is 32.7 Å². The molecule has 0 aliphatic rings. The molecule has 4 aromatic carbocycles. The number of methoxy groups -OCH3 is 2. The van der Waals surface area contributed by atoms with Gasteiger partial charge in [-0.2, -0.15) is 10.5 Å². The summed E-state index contributed by atoms with van der Waals surface area (Å²) in [5, 5.41) is 65.0. The van der Waals surface area contributed by atoms with Crippen LogP contribution in [0.1, 0.15) is 11.4 Å². The van der Waals surface area contributed by atoms with Crippen LogP contribution in [0, 0.1) is 34.3 Å². The molecule has 54 heavy (non-hydrogen) atoms. The summed E-state index contributed by atoms with van der Waals surface area (Å²) < 4.78 is 38.1. The van der Waals surface area contributed by atoms with Crippen LogP contribution in [0.15, 0.2) is 84.9 Å². The van der Waals surface area contributed by atoms with E-state index in [9.17, 15) is 29.5 Å². The number of hydrogen-bond donors (Lipinski definition) is 6. The minimum Gasteiger partial charge on any atom is -0.497 e. The molecule has 276 valence electrons. The topological polar surface area (TPSA) is 197 Å². The van der Waals surface area contributed by atoms with Crippen LogP contribution < -0.4 is 20.1 Å². The fourth-order valence-electron chi connectivity index (χ4n) is 5.70. The van der Waals surface area contributed by atoms with Gasteiger partial charge in [-0.3, -0.25) is 0 Å². The number of rotatable bonds is 12. The van der Waals surface area contributed by atoms with Crippen LogP contribution in [0.4, 0.5) is 20.4 Å². The van der Waals surface area contributed by atoms with Crippen LogP contribution in [-0.2, 0) is 0 Å². The Morgan fingerprint density at radius 2 is 1.04 bits per heavy atom. The lowest BCUT2D eigenvalue weighted by atomic mass is 9.96. The van der Waals surface area contributed by atoms with Gasteiger partial charge in [-0.1, -0.05) is 24.3 Å². The van der Waals surface area contributed by atoms with Gasteiger partial charge in [-0.05, 0) is 82.6 Å². The van der Waals surface area contributed by atoms with Crippen LogP contribution in [0.2, 0.25) is 0 Å². The van der Waals surface area contributed by atoms with Crippen LogP contribution in [-0.4, -0.2) is 83.1 Å². The molecule has 0 aliphatic heterocycles. The first kappa shape index (κ1) is 38.8. The number of fused-ring (bicyclic) bond motifs is 2. The number of nitrogens with one attached hydrogen (secondary N) is 2. The fourth-order valence-corrected chi connectivity index (χ4v) is 5.70. The number of benzene rings is 4. The molecule has 0 unspecified atom stereocenters. The van der Waals surface area contributed by atoms with Gasteiger partial charge in [-0.25, -0.2) is 18.7 Å². The van der Waals surface area contributed by atoms with Crippen molar-refractivity contribution in [2.24, 2.45) is 0 Å². The summed E-state index contributed by atoms with van der Waals surface area (Å²) in [6, 6.07) is 26.6. The Balaban J connectivity index is 0.000000208. The van der Waals surface area contributed by atoms with Crippen molar-refractivity contribution in [3.8, 4) is 45.9 Å². The molecule has 6 N–H and O–H groups in total. The molecule has 14 heteroatoms. The molecule has 12 nitrogen and oxygen atoms in total. The molecule has 0 radical (unpaired) electrons. The lowest BCUT2D eigenvalue weighted by molar-refractivity contribution is 0.105. The van der Waals surface area contributed by atoms with Crippen molar-refractivity contribution < 1.29 is 38.7 Å². The molecule has 0 fully saturated rings. The average Bonchev–Trinajstić information content (AvgIpc) is 3.20. The molecule has 0 spiro atoms. The van der Waals surface area contributed by atoms with Crippen LogP contribution in [0.25, 0.3) is 43.8 Å².